The van der Waals surface area contributed by atoms with Gasteiger partial charge in [-0.2, -0.15) is 0 Å². The molecule has 4 rings (SSSR count). The number of benzene rings is 3. The van der Waals surface area contributed by atoms with Gasteiger partial charge in [0.05, 0.1) is 25.2 Å². The van der Waals surface area contributed by atoms with Crippen LogP contribution < -0.4 is 11.1 Å². The first-order valence-corrected chi connectivity index (χ1v) is 13.1. The third kappa shape index (κ3) is 7.71. The highest BCUT2D eigenvalue weighted by atomic mass is 32.1. The number of nitrogens with one attached hydrogen (secondary N) is 1. The van der Waals surface area contributed by atoms with E-state index in [9.17, 15) is 15.0 Å². The average Bonchev–Trinajstić information content (AvgIpc) is 3.33. The summed E-state index contributed by atoms with van der Waals surface area (Å²) in [7, 11) is 0. The number of nitrogens with zero attached hydrogens (tertiary/aromatic N) is 2. The molecule has 0 spiro atoms. The molecule has 192 valence electrons. The van der Waals surface area contributed by atoms with Gasteiger partial charge in [-0.15, -0.1) is 11.3 Å². The van der Waals surface area contributed by atoms with E-state index >= 15 is 0 Å². The summed E-state index contributed by atoms with van der Waals surface area (Å²) in [6, 6.07) is 27.0. The van der Waals surface area contributed by atoms with Crippen molar-refractivity contribution in [2.45, 2.75) is 25.0 Å². The second-order valence-corrected chi connectivity index (χ2v) is 10.0. The molecule has 0 radical (unpaired) electrons. The van der Waals surface area contributed by atoms with Crippen LogP contribution in [0.4, 0.5) is 10.8 Å². The lowest BCUT2D eigenvalue weighted by molar-refractivity contribution is -0.115. The number of carbonyl (C=O) groups excluding carboxylic acids is 1. The van der Waals surface area contributed by atoms with Gasteiger partial charge in [0, 0.05) is 29.9 Å². The van der Waals surface area contributed by atoms with Crippen LogP contribution in [0, 0.1) is 0 Å². The van der Waals surface area contributed by atoms with Gasteiger partial charge in [0.1, 0.15) is 0 Å². The molecule has 0 saturated heterocycles. The summed E-state index contributed by atoms with van der Waals surface area (Å²) in [6.45, 7) is 0.977. The first-order valence-electron chi connectivity index (χ1n) is 12.2. The molecule has 1 aromatic heterocycles. The Hall–Kier alpha value is -3.56. The molecular formula is C29H32N4O3S. The Morgan fingerprint density at radius 1 is 0.973 bits per heavy atom. The van der Waals surface area contributed by atoms with Crippen molar-refractivity contribution < 1.29 is 15.0 Å². The molecule has 3 aromatic carbocycles. The molecule has 0 aliphatic carbocycles. The van der Waals surface area contributed by atoms with Crippen LogP contribution in [0.5, 0.6) is 0 Å². The Kier molecular flexibility index (Phi) is 9.40. The molecule has 0 saturated carbocycles. The number of nitrogens with two attached hydrogens (primary N) is 1. The topological polar surface area (TPSA) is 112 Å². The van der Waals surface area contributed by atoms with Gasteiger partial charge in [0.2, 0.25) is 5.91 Å². The maximum absolute atomic E-state index is 12.3. The van der Waals surface area contributed by atoms with Crippen molar-refractivity contribution in [3.8, 4) is 0 Å². The lowest BCUT2D eigenvalue weighted by Gasteiger charge is -2.32. The van der Waals surface area contributed by atoms with Crippen LogP contribution in [0.15, 0.2) is 91.1 Å². The number of thiazole rings is 1. The molecule has 4 aromatic rings. The number of aromatic nitrogens is 1. The van der Waals surface area contributed by atoms with Crippen LogP contribution in [-0.4, -0.2) is 45.7 Å². The molecule has 5 N–H and O–H groups in total. The third-order valence-corrected chi connectivity index (χ3v) is 7.05. The molecule has 0 fully saturated rings. The molecule has 0 aliphatic rings. The first-order chi connectivity index (χ1) is 18.0. The van der Waals surface area contributed by atoms with Crippen molar-refractivity contribution >= 4 is 28.1 Å². The van der Waals surface area contributed by atoms with Gasteiger partial charge in [-0.05, 0) is 35.2 Å². The van der Waals surface area contributed by atoms with E-state index in [-0.39, 0.29) is 25.0 Å². The van der Waals surface area contributed by atoms with Gasteiger partial charge >= 0.3 is 0 Å². The number of amides is 1. The Bertz CT molecular complexity index is 1250. The van der Waals surface area contributed by atoms with Crippen LogP contribution in [0.25, 0.3) is 0 Å². The SMILES string of the molecule is Nc1ncc(CC(=O)Nc2ccc(CCN(CC(O)c3ccccc3)C(CO)c3ccccc3)cc2)s1. The summed E-state index contributed by atoms with van der Waals surface area (Å²) >= 11 is 1.31. The largest absolute Gasteiger partial charge is 0.394 e. The smallest absolute Gasteiger partial charge is 0.229 e. The number of nitrogen functional groups attached to an aromatic ring is 1. The quantitative estimate of drug-likeness (QED) is 0.224. The normalized spacial score (nSPS) is 12.8. The highest BCUT2D eigenvalue weighted by Gasteiger charge is 2.23. The molecule has 1 amide bonds. The lowest BCUT2D eigenvalue weighted by Crippen LogP contribution is -2.36. The van der Waals surface area contributed by atoms with Gasteiger partial charge in [-0.1, -0.05) is 72.8 Å². The van der Waals surface area contributed by atoms with Gasteiger partial charge in [-0.3, -0.25) is 9.69 Å². The van der Waals surface area contributed by atoms with Crippen LogP contribution in [0.2, 0.25) is 0 Å². The standard InChI is InChI=1S/C29H32N4O3S/c30-29-31-18-25(37-29)17-28(36)32-24-13-11-21(12-14-24)15-16-33(19-27(35)23-9-5-2-6-10-23)26(20-34)22-7-3-1-4-8-22/h1-14,18,26-27,34-35H,15-17,19-20H2,(H2,30,31)(H,32,36). The van der Waals surface area contributed by atoms with Crippen molar-refractivity contribution in [2.75, 3.05) is 30.7 Å². The zero-order valence-electron chi connectivity index (χ0n) is 20.5. The van der Waals surface area contributed by atoms with Crippen molar-refractivity contribution in [3.05, 3.63) is 113 Å². The number of aliphatic hydroxyl groups excluding tert-OH is 2. The minimum atomic E-state index is -0.676. The van der Waals surface area contributed by atoms with Crippen LogP contribution in [0.3, 0.4) is 0 Å². The lowest BCUT2D eigenvalue weighted by atomic mass is 10.0. The van der Waals surface area contributed by atoms with E-state index in [1.54, 1.807) is 6.20 Å². The Morgan fingerprint density at radius 2 is 1.62 bits per heavy atom. The number of hydrogen-bond donors (Lipinski definition) is 4. The molecule has 2 unspecified atom stereocenters. The number of aliphatic hydroxyl groups is 2. The van der Waals surface area contributed by atoms with E-state index < -0.39 is 6.10 Å². The fourth-order valence-corrected chi connectivity index (χ4v) is 4.96. The maximum Gasteiger partial charge on any atom is 0.229 e. The van der Waals surface area contributed by atoms with Crippen molar-refractivity contribution in [3.63, 3.8) is 0 Å². The molecule has 8 heteroatoms. The van der Waals surface area contributed by atoms with Crippen LogP contribution >= 0.6 is 11.3 Å². The predicted octanol–water partition coefficient (Wildman–Crippen LogP) is 4.22. The molecule has 7 nitrogen and oxygen atoms in total. The molecule has 0 aliphatic heterocycles. The summed E-state index contributed by atoms with van der Waals surface area (Å²) in [5.41, 5.74) is 9.30. The van der Waals surface area contributed by atoms with E-state index in [1.165, 1.54) is 11.3 Å². The number of carbonyl (C=O) groups is 1. The van der Waals surface area contributed by atoms with Gasteiger partial charge in [-0.25, -0.2) is 4.98 Å². The van der Waals surface area contributed by atoms with Gasteiger partial charge < -0.3 is 21.3 Å². The minimum Gasteiger partial charge on any atom is -0.394 e. The van der Waals surface area contributed by atoms with Crippen molar-refractivity contribution in [2.24, 2.45) is 0 Å². The molecular weight excluding hydrogens is 484 g/mol. The average molecular weight is 517 g/mol. The fourth-order valence-electron chi connectivity index (χ4n) is 4.28. The van der Waals surface area contributed by atoms with Crippen LogP contribution in [0.1, 0.15) is 33.7 Å². The van der Waals surface area contributed by atoms with Crippen molar-refractivity contribution in [1.82, 2.24) is 9.88 Å². The Morgan fingerprint density at radius 3 is 2.22 bits per heavy atom. The van der Waals surface area contributed by atoms with E-state index in [1.807, 2.05) is 84.9 Å². The summed E-state index contributed by atoms with van der Waals surface area (Å²) in [6.07, 6.45) is 1.90. The van der Waals surface area contributed by atoms with Gasteiger partial charge in [0.25, 0.3) is 0 Å². The number of hydrogen-bond acceptors (Lipinski definition) is 7. The minimum absolute atomic E-state index is 0.0537. The Labute approximate surface area is 221 Å². The summed E-state index contributed by atoms with van der Waals surface area (Å²) < 4.78 is 0. The number of anilines is 2. The zero-order chi connectivity index (χ0) is 26.0. The van der Waals surface area contributed by atoms with E-state index in [0.717, 1.165) is 33.7 Å². The van der Waals surface area contributed by atoms with E-state index in [0.29, 0.717) is 18.2 Å². The van der Waals surface area contributed by atoms with E-state index in [4.69, 9.17) is 5.73 Å². The zero-order valence-corrected chi connectivity index (χ0v) is 21.3. The fraction of sp³-hybridized carbons (Fsp3) is 0.241. The number of rotatable bonds is 12. The molecule has 37 heavy (non-hydrogen) atoms. The van der Waals surface area contributed by atoms with Crippen molar-refractivity contribution in [1.29, 1.82) is 0 Å². The molecule has 0 bridgehead atoms. The van der Waals surface area contributed by atoms with E-state index in [2.05, 4.69) is 15.2 Å². The Balaban J connectivity index is 1.40. The molecule has 1 heterocycles. The maximum atomic E-state index is 12.3. The van der Waals surface area contributed by atoms with Gasteiger partial charge in [0.15, 0.2) is 5.13 Å². The predicted molar refractivity (Wildman–Crippen MR) is 148 cm³/mol. The second-order valence-electron chi connectivity index (χ2n) is 8.87. The third-order valence-electron chi connectivity index (χ3n) is 6.22. The summed E-state index contributed by atoms with van der Waals surface area (Å²) in [4.78, 5) is 19.3. The van der Waals surface area contributed by atoms with Crippen LogP contribution in [-0.2, 0) is 17.6 Å². The molecule has 2 atom stereocenters. The highest BCUT2D eigenvalue weighted by Crippen LogP contribution is 2.25. The summed E-state index contributed by atoms with van der Waals surface area (Å²) in [5.74, 6) is -0.119. The first kappa shape index (κ1) is 26.5. The summed E-state index contributed by atoms with van der Waals surface area (Å²) in [5, 5.41) is 24.6. The second kappa shape index (κ2) is 13.1. The highest BCUT2D eigenvalue weighted by molar-refractivity contribution is 7.15. The monoisotopic (exact) mass is 516 g/mol.